The Morgan fingerprint density at radius 3 is 2.60 bits per heavy atom. The summed E-state index contributed by atoms with van der Waals surface area (Å²) < 4.78 is 18.8. The van der Waals surface area contributed by atoms with Gasteiger partial charge >= 0.3 is 0 Å². The van der Waals surface area contributed by atoms with E-state index in [0.717, 1.165) is 0 Å². The van der Waals surface area contributed by atoms with Gasteiger partial charge in [-0.15, -0.1) is 0 Å². The normalized spacial score (nSPS) is 14.7. The van der Waals surface area contributed by atoms with E-state index < -0.39 is 0 Å². The van der Waals surface area contributed by atoms with Crippen LogP contribution in [0.4, 0.5) is 4.39 Å². The third-order valence-electron chi connectivity index (χ3n) is 2.93. The zero-order valence-corrected chi connectivity index (χ0v) is 9.46. The van der Waals surface area contributed by atoms with E-state index in [1.807, 2.05) is 13.8 Å². The molecule has 15 heavy (non-hydrogen) atoms. The Hall–Kier alpha value is -1.09. The van der Waals surface area contributed by atoms with Crippen LogP contribution in [0.15, 0.2) is 18.2 Å². The van der Waals surface area contributed by atoms with Crippen LogP contribution in [0.25, 0.3) is 0 Å². The molecule has 0 aliphatic heterocycles. The van der Waals surface area contributed by atoms with Crippen molar-refractivity contribution in [3.63, 3.8) is 0 Å². The van der Waals surface area contributed by atoms with Crippen LogP contribution in [0.1, 0.15) is 25.3 Å². The van der Waals surface area contributed by atoms with Crippen molar-refractivity contribution in [1.29, 1.82) is 0 Å². The molecule has 2 nitrogen and oxygen atoms in total. The minimum atomic E-state index is -0.271. The lowest BCUT2D eigenvalue weighted by atomic mass is 9.88. The highest BCUT2D eigenvalue weighted by atomic mass is 19.1. The molecular weight excluding hydrogens is 193 g/mol. The highest BCUT2D eigenvalue weighted by Crippen LogP contribution is 2.30. The molecule has 0 fully saturated rings. The van der Waals surface area contributed by atoms with Crippen molar-refractivity contribution in [2.75, 3.05) is 13.7 Å². The van der Waals surface area contributed by atoms with E-state index in [-0.39, 0.29) is 17.7 Å². The molecule has 0 amide bonds. The SMILES string of the molecule is COc1cccc(C(C)C(C)CN)c1F. The summed E-state index contributed by atoms with van der Waals surface area (Å²) in [6.07, 6.45) is 0. The summed E-state index contributed by atoms with van der Waals surface area (Å²) in [6, 6.07) is 5.21. The van der Waals surface area contributed by atoms with Crippen molar-refractivity contribution in [1.82, 2.24) is 0 Å². The molecule has 1 aromatic rings. The quantitative estimate of drug-likeness (QED) is 0.830. The second kappa shape index (κ2) is 5.12. The fourth-order valence-electron chi connectivity index (χ4n) is 1.55. The molecule has 0 saturated carbocycles. The number of hydrogen-bond acceptors (Lipinski definition) is 2. The molecule has 0 radical (unpaired) electrons. The maximum absolute atomic E-state index is 13.9. The Morgan fingerprint density at radius 2 is 2.07 bits per heavy atom. The van der Waals surface area contributed by atoms with E-state index in [2.05, 4.69) is 0 Å². The minimum Gasteiger partial charge on any atom is -0.494 e. The lowest BCUT2D eigenvalue weighted by molar-refractivity contribution is 0.378. The topological polar surface area (TPSA) is 35.2 Å². The highest BCUT2D eigenvalue weighted by molar-refractivity contribution is 5.33. The molecule has 2 unspecified atom stereocenters. The molecular formula is C12H18FNO. The lowest BCUT2D eigenvalue weighted by Gasteiger charge is -2.19. The Balaban J connectivity index is 3.03. The van der Waals surface area contributed by atoms with Gasteiger partial charge in [-0.1, -0.05) is 26.0 Å². The van der Waals surface area contributed by atoms with Crippen LogP contribution in [0.2, 0.25) is 0 Å². The van der Waals surface area contributed by atoms with Gasteiger partial charge < -0.3 is 10.5 Å². The monoisotopic (exact) mass is 211 g/mol. The first kappa shape index (κ1) is 12.0. The Kier molecular flexibility index (Phi) is 4.09. The molecule has 0 bridgehead atoms. The van der Waals surface area contributed by atoms with Gasteiger partial charge in [0.15, 0.2) is 11.6 Å². The maximum Gasteiger partial charge on any atom is 0.168 e. The average Bonchev–Trinajstić information content (AvgIpc) is 2.27. The molecule has 2 atom stereocenters. The van der Waals surface area contributed by atoms with Crippen molar-refractivity contribution in [3.8, 4) is 5.75 Å². The Bertz CT molecular complexity index is 327. The fourth-order valence-corrected chi connectivity index (χ4v) is 1.55. The zero-order chi connectivity index (χ0) is 11.4. The van der Waals surface area contributed by atoms with Crippen molar-refractivity contribution >= 4 is 0 Å². The third-order valence-corrected chi connectivity index (χ3v) is 2.93. The lowest BCUT2D eigenvalue weighted by Crippen LogP contribution is -2.18. The zero-order valence-electron chi connectivity index (χ0n) is 9.46. The van der Waals surface area contributed by atoms with Gasteiger partial charge in [-0.2, -0.15) is 0 Å². The molecule has 2 N–H and O–H groups in total. The van der Waals surface area contributed by atoms with Gasteiger partial charge in [-0.25, -0.2) is 4.39 Å². The molecule has 0 aliphatic carbocycles. The maximum atomic E-state index is 13.9. The van der Waals surface area contributed by atoms with Crippen LogP contribution < -0.4 is 10.5 Å². The van der Waals surface area contributed by atoms with E-state index in [0.29, 0.717) is 17.9 Å². The third kappa shape index (κ3) is 2.48. The van der Waals surface area contributed by atoms with Gasteiger partial charge in [0.25, 0.3) is 0 Å². The van der Waals surface area contributed by atoms with Gasteiger partial charge in [-0.05, 0) is 30.0 Å². The molecule has 0 saturated heterocycles. The summed E-state index contributed by atoms with van der Waals surface area (Å²) in [7, 11) is 1.47. The molecule has 0 spiro atoms. The van der Waals surface area contributed by atoms with Gasteiger partial charge in [0.05, 0.1) is 7.11 Å². The van der Waals surface area contributed by atoms with Crippen LogP contribution in [0, 0.1) is 11.7 Å². The summed E-state index contributed by atoms with van der Waals surface area (Å²) >= 11 is 0. The fraction of sp³-hybridized carbons (Fsp3) is 0.500. The van der Waals surface area contributed by atoms with Gasteiger partial charge in [0, 0.05) is 0 Å². The van der Waals surface area contributed by atoms with Crippen LogP contribution in [0.5, 0.6) is 5.75 Å². The second-order valence-corrected chi connectivity index (χ2v) is 3.87. The van der Waals surface area contributed by atoms with E-state index in [4.69, 9.17) is 10.5 Å². The molecule has 0 aromatic heterocycles. The summed E-state index contributed by atoms with van der Waals surface area (Å²) in [5, 5.41) is 0. The van der Waals surface area contributed by atoms with Crippen molar-refractivity contribution in [3.05, 3.63) is 29.6 Å². The van der Waals surface area contributed by atoms with Crippen molar-refractivity contribution in [2.24, 2.45) is 11.7 Å². The highest BCUT2D eigenvalue weighted by Gasteiger charge is 2.18. The summed E-state index contributed by atoms with van der Waals surface area (Å²) in [4.78, 5) is 0. The standard InChI is InChI=1S/C12H18FNO/c1-8(7-14)9(2)10-5-4-6-11(15-3)12(10)13/h4-6,8-9H,7,14H2,1-3H3. The largest absolute Gasteiger partial charge is 0.494 e. The van der Waals surface area contributed by atoms with Gasteiger partial charge in [0.1, 0.15) is 0 Å². The molecule has 0 aliphatic rings. The second-order valence-electron chi connectivity index (χ2n) is 3.87. The number of rotatable bonds is 4. The molecule has 0 heterocycles. The number of methoxy groups -OCH3 is 1. The average molecular weight is 211 g/mol. The van der Waals surface area contributed by atoms with Crippen molar-refractivity contribution in [2.45, 2.75) is 19.8 Å². The molecule has 1 rings (SSSR count). The molecule has 3 heteroatoms. The minimum absolute atomic E-state index is 0.102. The first-order valence-electron chi connectivity index (χ1n) is 5.14. The number of halogens is 1. The van der Waals surface area contributed by atoms with E-state index >= 15 is 0 Å². The van der Waals surface area contributed by atoms with E-state index in [1.54, 1.807) is 18.2 Å². The first-order chi connectivity index (χ1) is 7.11. The summed E-state index contributed by atoms with van der Waals surface area (Å²) in [5.74, 6) is 0.382. The first-order valence-corrected chi connectivity index (χ1v) is 5.14. The summed E-state index contributed by atoms with van der Waals surface area (Å²) in [6.45, 7) is 4.55. The number of nitrogens with two attached hydrogens (primary N) is 1. The van der Waals surface area contributed by atoms with E-state index in [9.17, 15) is 4.39 Å². The van der Waals surface area contributed by atoms with Gasteiger partial charge in [0.2, 0.25) is 0 Å². The van der Waals surface area contributed by atoms with Gasteiger partial charge in [-0.3, -0.25) is 0 Å². The summed E-state index contributed by atoms with van der Waals surface area (Å²) in [5.41, 5.74) is 6.25. The van der Waals surface area contributed by atoms with Crippen LogP contribution in [-0.4, -0.2) is 13.7 Å². The smallest absolute Gasteiger partial charge is 0.168 e. The molecule has 84 valence electrons. The Morgan fingerprint density at radius 1 is 1.40 bits per heavy atom. The van der Waals surface area contributed by atoms with Crippen LogP contribution in [0.3, 0.4) is 0 Å². The number of ether oxygens (including phenoxy) is 1. The van der Waals surface area contributed by atoms with Crippen LogP contribution in [-0.2, 0) is 0 Å². The number of benzene rings is 1. The van der Waals surface area contributed by atoms with E-state index in [1.165, 1.54) is 7.11 Å². The molecule has 1 aromatic carbocycles. The predicted molar refractivity (Wildman–Crippen MR) is 59.6 cm³/mol. The van der Waals surface area contributed by atoms with Crippen molar-refractivity contribution < 1.29 is 9.13 Å². The Labute approximate surface area is 90.2 Å². The number of hydrogen-bond donors (Lipinski definition) is 1. The predicted octanol–water partition coefficient (Wildman–Crippen LogP) is 2.53. The van der Waals surface area contributed by atoms with Crippen LogP contribution >= 0.6 is 0 Å².